The Hall–Kier alpha value is -2.34. The van der Waals surface area contributed by atoms with E-state index < -0.39 is 0 Å². The van der Waals surface area contributed by atoms with Crippen LogP contribution in [-0.2, 0) is 9.59 Å². The zero-order valence-electron chi connectivity index (χ0n) is 17.3. The first kappa shape index (κ1) is 22.0. The number of hydrogen-bond donors (Lipinski definition) is 2. The van der Waals surface area contributed by atoms with Crippen LogP contribution in [-0.4, -0.2) is 49.5 Å². The molecule has 1 aromatic rings. The maximum Gasteiger partial charge on any atom is 0.238 e. The minimum atomic E-state index is -0.360. The van der Waals surface area contributed by atoms with Crippen LogP contribution in [0.5, 0.6) is 5.75 Å². The van der Waals surface area contributed by atoms with Crippen molar-refractivity contribution in [2.75, 3.05) is 32.1 Å². The van der Waals surface area contributed by atoms with Gasteiger partial charge in [-0.3, -0.25) is 14.5 Å². The van der Waals surface area contributed by atoms with Crippen LogP contribution in [0.4, 0.5) is 5.69 Å². The lowest BCUT2D eigenvalue weighted by Crippen LogP contribution is -2.48. The summed E-state index contributed by atoms with van der Waals surface area (Å²) in [6, 6.07) is 6.87. The van der Waals surface area contributed by atoms with Crippen molar-refractivity contribution >= 4 is 17.5 Å². The van der Waals surface area contributed by atoms with Gasteiger partial charge in [0.2, 0.25) is 11.8 Å². The van der Waals surface area contributed by atoms with Crippen molar-refractivity contribution in [3.05, 3.63) is 35.9 Å². The van der Waals surface area contributed by atoms with Crippen LogP contribution in [0.3, 0.4) is 0 Å². The average Bonchev–Trinajstić information content (AvgIpc) is 2.72. The molecule has 6 nitrogen and oxygen atoms in total. The van der Waals surface area contributed by atoms with Gasteiger partial charge in [-0.15, -0.1) is 0 Å². The molecule has 0 heterocycles. The van der Waals surface area contributed by atoms with E-state index in [9.17, 15) is 9.59 Å². The summed E-state index contributed by atoms with van der Waals surface area (Å²) < 4.78 is 5.17. The summed E-state index contributed by atoms with van der Waals surface area (Å²) in [6.45, 7) is 5.23. The monoisotopic (exact) mass is 387 g/mol. The van der Waals surface area contributed by atoms with Crippen molar-refractivity contribution in [1.29, 1.82) is 0 Å². The van der Waals surface area contributed by atoms with Crippen LogP contribution in [0.25, 0.3) is 0 Å². The molecule has 0 radical (unpaired) electrons. The lowest BCUT2D eigenvalue weighted by molar-refractivity contribution is -0.127. The first-order valence-corrected chi connectivity index (χ1v) is 10.2. The number of methoxy groups -OCH3 is 1. The second-order valence-corrected chi connectivity index (χ2v) is 7.17. The van der Waals surface area contributed by atoms with Gasteiger partial charge < -0.3 is 15.4 Å². The Morgan fingerprint density at radius 2 is 2.11 bits per heavy atom. The highest BCUT2D eigenvalue weighted by Gasteiger charge is 2.22. The molecular formula is C22H33N3O3. The molecule has 0 saturated heterocycles. The summed E-state index contributed by atoms with van der Waals surface area (Å²) in [5.74, 6) is 0.500. The first-order chi connectivity index (χ1) is 13.5. The third kappa shape index (κ3) is 7.00. The van der Waals surface area contributed by atoms with E-state index >= 15 is 0 Å². The summed E-state index contributed by atoms with van der Waals surface area (Å²) in [7, 11) is 1.59. The summed E-state index contributed by atoms with van der Waals surface area (Å²) in [4.78, 5) is 26.7. The number of nitrogens with zero attached hydrogens (tertiary/aromatic N) is 1. The molecule has 0 saturated carbocycles. The minimum Gasteiger partial charge on any atom is -0.497 e. The van der Waals surface area contributed by atoms with Gasteiger partial charge in [0.1, 0.15) is 5.75 Å². The van der Waals surface area contributed by atoms with Crippen molar-refractivity contribution in [1.82, 2.24) is 10.2 Å². The van der Waals surface area contributed by atoms with E-state index in [1.165, 1.54) is 18.4 Å². The molecule has 28 heavy (non-hydrogen) atoms. The molecule has 2 amide bonds. The van der Waals surface area contributed by atoms with Gasteiger partial charge in [0, 0.05) is 18.3 Å². The van der Waals surface area contributed by atoms with E-state index in [1.807, 2.05) is 36.9 Å². The number of likely N-dealkylation sites (N-methyl/N-ethyl adjacent to an activating group) is 1. The molecule has 6 heteroatoms. The number of carbonyl (C=O) groups excluding carboxylic acids is 2. The number of nitrogens with one attached hydrogen (secondary N) is 2. The summed E-state index contributed by atoms with van der Waals surface area (Å²) in [5, 5.41) is 5.87. The van der Waals surface area contributed by atoms with Crippen molar-refractivity contribution in [3.63, 3.8) is 0 Å². The van der Waals surface area contributed by atoms with E-state index in [-0.39, 0.29) is 24.4 Å². The molecule has 1 unspecified atom stereocenters. The maximum atomic E-state index is 12.5. The Kier molecular flexibility index (Phi) is 9.01. The number of amides is 2. The fourth-order valence-electron chi connectivity index (χ4n) is 3.40. The van der Waals surface area contributed by atoms with E-state index in [1.54, 1.807) is 13.2 Å². The van der Waals surface area contributed by atoms with Crippen molar-refractivity contribution in [2.24, 2.45) is 0 Å². The molecule has 1 aliphatic carbocycles. The largest absolute Gasteiger partial charge is 0.497 e. The normalized spacial score (nSPS) is 14.9. The highest BCUT2D eigenvalue weighted by atomic mass is 16.5. The Labute approximate surface area is 168 Å². The van der Waals surface area contributed by atoms with Gasteiger partial charge in [0.05, 0.1) is 19.7 Å². The third-order valence-corrected chi connectivity index (χ3v) is 5.16. The smallest absolute Gasteiger partial charge is 0.238 e. The van der Waals surface area contributed by atoms with E-state index in [0.717, 1.165) is 19.3 Å². The van der Waals surface area contributed by atoms with Gasteiger partial charge in [-0.05, 0) is 57.7 Å². The van der Waals surface area contributed by atoms with Gasteiger partial charge in [-0.25, -0.2) is 0 Å². The topological polar surface area (TPSA) is 70.7 Å². The minimum absolute atomic E-state index is 0.0348. The standard InChI is InChI=1S/C22H33N3O3/c1-4-25(16-21(26)24-19-11-8-12-20(15-19)28-3)17(2)22(27)23-14-13-18-9-6-5-7-10-18/h8-9,11-12,15,17H,4-7,10,13-14,16H2,1-3H3,(H,23,27)(H,24,26). The van der Waals surface area contributed by atoms with Gasteiger partial charge in [-0.1, -0.05) is 24.6 Å². The van der Waals surface area contributed by atoms with Gasteiger partial charge >= 0.3 is 0 Å². The van der Waals surface area contributed by atoms with Crippen LogP contribution >= 0.6 is 0 Å². The highest BCUT2D eigenvalue weighted by molar-refractivity contribution is 5.93. The number of ether oxygens (including phenoxy) is 1. The zero-order chi connectivity index (χ0) is 20.4. The summed E-state index contributed by atoms with van der Waals surface area (Å²) in [5.41, 5.74) is 2.13. The molecule has 1 atom stereocenters. The third-order valence-electron chi connectivity index (χ3n) is 5.16. The van der Waals surface area contributed by atoms with Gasteiger partial charge in [-0.2, -0.15) is 0 Å². The van der Waals surface area contributed by atoms with Crippen LogP contribution in [0, 0.1) is 0 Å². The van der Waals surface area contributed by atoms with Crippen LogP contribution in [0.15, 0.2) is 35.9 Å². The number of allylic oxidation sites excluding steroid dienone is 1. The Bertz CT molecular complexity index is 687. The Morgan fingerprint density at radius 3 is 2.79 bits per heavy atom. The van der Waals surface area contributed by atoms with Gasteiger partial charge in [0.25, 0.3) is 0 Å². The second kappa shape index (κ2) is 11.5. The molecule has 0 fully saturated rings. The first-order valence-electron chi connectivity index (χ1n) is 10.2. The van der Waals surface area contributed by atoms with Crippen molar-refractivity contribution < 1.29 is 14.3 Å². The van der Waals surface area contributed by atoms with E-state index in [4.69, 9.17) is 4.74 Å². The van der Waals surface area contributed by atoms with Crippen LogP contribution < -0.4 is 15.4 Å². The molecule has 0 aromatic heterocycles. The van der Waals surface area contributed by atoms with E-state index in [2.05, 4.69) is 16.7 Å². The molecule has 2 rings (SSSR count). The molecule has 1 aliphatic rings. The number of carbonyl (C=O) groups is 2. The second-order valence-electron chi connectivity index (χ2n) is 7.17. The zero-order valence-corrected chi connectivity index (χ0v) is 17.3. The lowest BCUT2D eigenvalue weighted by atomic mass is 9.97. The lowest BCUT2D eigenvalue weighted by Gasteiger charge is -2.26. The fourth-order valence-corrected chi connectivity index (χ4v) is 3.40. The summed E-state index contributed by atoms with van der Waals surface area (Å²) >= 11 is 0. The van der Waals surface area contributed by atoms with Gasteiger partial charge in [0.15, 0.2) is 0 Å². The quantitative estimate of drug-likeness (QED) is 0.604. The number of benzene rings is 1. The molecule has 0 spiro atoms. The maximum absolute atomic E-state index is 12.5. The van der Waals surface area contributed by atoms with Crippen molar-refractivity contribution in [2.45, 2.75) is 52.0 Å². The molecule has 1 aromatic carbocycles. The fraction of sp³-hybridized carbons (Fsp3) is 0.545. The van der Waals surface area contributed by atoms with Crippen molar-refractivity contribution in [3.8, 4) is 5.75 Å². The Balaban J connectivity index is 1.80. The SMILES string of the molecule is CCN(CC(=O)Nc1cccc(OC)c1)C(C)C(=O)NCCC1=CCCCC1. The molecule has 2 N–H and O–H groups in total. The Morgan fingerprint density at radius 1 is 1.29 bits per heavy atom. The molecule has 154 valence electrons. The average molecular weight is 388 g/mol. The number of rotatable bonds is 10. The molecular weight excluding hydrogens is 354 g/mol. The van der Waals surface area contributed by atoms with E-state index in [0.29, 0.717) is 24.5 Å². The predicted molar refractivity (Wildman–Crippen MR) is 113 cm³/mol. The summed E-state index contributed by atoms with van der Waals surface area (Å²) in [6.07, 6.45) is 8.06. The number of hydrogen-bond acceptors (Lipinski definition) is 4. The number of anilines is 1. The van der Waals surface area contributed by atoms with Crippen LogP contribution in [0.2, 0.25) is 0 Å². The predicted octanol–water partition coefficient (Wildman–Crippen LogP) is 3.35. The molecule has 0 aliphatic heterocycles. The molecule has 0 bridgehead atoms. The highest BCUT2D eigenvalue weighted by Crippen LogP contribution is 2.19. The van der Waals surface area contributed by atoms with Crippen LogP contribution in [0.1, 0.15) is 46.0 Å².